The lowest BCUT2D eigenvalue weighted by Crippen LogP contribution is -2.04. The second-order valence-corrected chi connectivity index (χ2v) is 3.61. The molecule has 0 amide bonds. The fourth-order valence-electron chi connectivity index (χ4n) is 1.88. The Balaban J connectivity index is 2.16. The van der Waals surface area contributed by atoms with Crippen molar-refractivity contribution >= 4 is 5.97 Å². The van der Waals surface area contributed by atoms with E-state index in [9.17, 15) is 4.79 Å². The summed E-state index contributed by atoms with van der Waals surface area (Å²) in [6.45, 7) is 0. The van der Waals surface area contributed by atoms with Crippen LogP contribution >= 0.6 is 0 Å². The third-order valence-corrected chi connectivity index (χ3v) is 2.66. The number of hydrogen-bond acceptors (Lipinski definition) is 3. The summed E-state index contributed by atoms with van der Waals surface area (Å²) in [5, 5.41) is 8.64. The van der Waals surface area contributed by atoms with Gasteiger partial charge < -0.3 is 5.11 Å². The highest BCUT2D eigenvalue weighted by Gasteiger charge is 2.18. The maximum Gasteiger partial charge on any atom is 0.356 e. The molecule has 4 nitrogen and oxygen atoms in total. The number of carboxylic acids is 1. The number of carboxylic acid groups (broad SMARTS) is 1. The first-order chi connectivity index (χ1) is 6.77. The van der Waals surface area contributed by atoms with Crippen LogP contribution in [0.4, 0.5) is 0 Å². The highest BCUT2D eigenvalue weighted by atomic mass is 16.4. The van der Waals surface area contributed by atoms with E-state index in [0.29, 0.717) is 5.92 Å². The Labute approximate surface area is 82.0 Å². The van der Waals surface area contributed by atoms with E-state index in [2.05, 4.69) is 9.97 Å². The molecule has 1 aliphatic rings. The van der Waals surface area contributed by atoms with Gasteiger partial charge in [-0.15, -0.1) is 0 Å². The molecule has 0 saturated heterocycles. The van der Waals surface area contributed by atoms with E-state index in [-0.39, 0.29) is 5.69 Å². The molecule has 1 N–H and O–H groups in total. The SMILES string of the molecule is O=C(O)c1cnc(C2CCCC2)cn1. The molecule has 0 spiro atoms. The molecule has 14 heavy (non-hydrogen) atoms. The van der Waals surface area contributed by atoms with Crippen molar-refractivity contribution in [1.82, 2.24) is 9.97 Å². The topological polar surface area (TPSA) is 63.1 Å². The lowest BCUT2D eigenvalue weighted by molar-refractivity contribution is 0.0690. The van der Waals surface area contributed by atoms with Crippen LogP contribution in [-0.2, 0) is 0 Å². The number of carbonyl (C=O) groups is 1. The second-order valence-electron chi connectivity index (χ2n) is 3.61. The van der Waals surface area contributed by atoms with Gasteiger partial charge in [0, 0.05) is 12.1 Å². The first kappa shape index (κ1) is 9.12. The van der Waals surface area contributed by atoms with Crippen molar-refractivity contribution in [2.24, 2.45) is 0 Å². The normalized spacial score (nSPS) is 17.1. The molecule has 1 aliphatic carbocycles. The number of hydrogen-bond donors (Lipinski definition) is 1. The molecule has 1 aromatic rings. The van der Waals surface area contributed by atoms with E-state index in [0.717, 1.165) is 18.5 Å². The van der Waals surface area contributed by atoms with Gasteiger partial charge in [-0.2, -0.15) is 0 Å². The number of rotatable bonds is 2. The Bertz CT molecular complexity index is 328. The minimum atomic E-state index is -1.02. The third-order valence-electron chi connectivity index (χ3n) is 2.66. The van der Waals surface area contributed by atoms with Gasteiger partial charge in [0.2, 0.25) is 0 Å². The molecule has 1 heterocycles. The van der Waals surface area contributed by atoms with Crippen LogP contribution in [0.3, 0.4) is 0 Å². The van der Waals surface area contributed by atoms with Crippen LogP contribution < -0.4 is 0 Å². The standard InChI is InChI=1S/C10H12N2O2/c13-10(14)9-6-11-8(5-12-9)7-3-1-2-4-7/h5-7H,1-4H2,(H,13,14). The van der Waals surface area contributed by atoms with Crippen molar-refractivity contribution in [3.05, 3.63) is 23.8 Å². The maximum atomic E-state index is 10.5. The van der Waals surface area contributed by atoms with E-state index < -0.39 is 5.97 Å². The first-order valence-corrected chi connectivity index (χ1v) is 4.82. The smallest absolute Gasteiger partial charge is 0.356 e. The number of nitrogens with zero attached hydrogens (tertiary/aromatic N) is 2. The predicted octanol–water partition coefficient (Wildman–Crippen LogP) is 1.83. The van der Waals surface area contributed by atoms with Crippen molar-refractivity contribution in [2.75, 3.05) is 0 Å². The minimum Gasteiger partial charge on any atom is -0.476 e. The Hall–Kier alpha value is -1.45. The third kappa shape index (κ3) is 1.73. The van der Waals surface area contributed by atoms with Gasteiger partial charge >= 0.3 is 5.97 Å². The summed E-state index contributed by atoms with van der Waals surface area (Å²) in [5.41, 5.74) is 0.958. The average molecular weight is 192 g/mol. The quantitative estimate of drug-likeness (QED) is 0.776. The summed E-state index contributed by atoms with van der Waals surface area (Å²) in [6, 6.07) is 0. The summed E-state index contributed by atoms with van der Waals surface area (Å²) in [4.78, 5) is 18.5. The van der Waals surface area contributed by atoms with Crippen LogP contribution in [0.15, 0.2) is 12.4 Å². The number of aromatic nitrogens is 2. The molecule has 74 valence electrons. The van der Waals surface area contributed by atoms with Gasteiger partial charge in [0.15, 0.2) is 5.69 Å². The first-order valence-electron chi connectivity index (χ1n) is 4.82. The minimum absolute atomic E-state index is 0.0201. The van der Waals surface area contributed by atoms with E-state index in [4.69, 9.17) is 5.11 Å². The van der Waals surface area contributed by atoms with Crippen LogP contribution in [0, 0.1) is 0 Å². The lowest BCUT2D eigenvalue weighted by Gasteiger charge is -2.06. The molecule has 0 radical (unpaired) electrons. The highest BCUT2D eigenvalue weighted by Crippen LogP contribution is 2.32. The van der Waals surface area contributed by atoms with Gasteiger partial charge in [0.25, 0.3) is 0 Å². The van der Waals surface area contributed by atoms with Crippen LogP contribution in [0.5, 0.6) is 0 Å². The van der Waals surface area contributed by atoms with E-state index in [1.165, 1.54) is 19.0 Å². The van der Waals surface area contributed by atoms with Crippen molar-refractivity contribution in [3.63, 3.8) is 0 Å². The zero-order valence-electron chi connectivity index (χ0n) is 7.81. The molecule has 0 unspecified atom stereocenters. The molecule has 1 saturated carbocycles. The van der Waals surface area contributed by atoms with Gasteiger partial charge in [-0.25, -0.2) is 9.78 Å². The van der Waals surface area contributed by atoms with Crippen LogP contribution in [0.2, 0.25) is 0 Å². The van der Waals surface area contributed by atoms with Crippen LogP contribution in [0.1, 0.15) is 47.8 Å². The van der Waals surface area contributed by atoms with E-state index >= 15 is 0 Å². The number of aromatic carboxylic acids is 1. The van der Waals surface area contributed by atoms with Crippen molar-refractivity contribution < 1.29 is 9.90 Å². The van der Waals surface area contributed by atoms with E-state index in [1.54, 1.807) is 6.20 Å². The van der Waals surface area contributed by atoms with Gasteiger partial charge in [-0.3, -0.25) is 4.98 Å². The zero-order valence-corrected chi connectivity index (χ0v) is 7.81. The van der Waals surface area contributed by atoms with Gasteiger partial charge in [0.05, 0.1) is 11.9 Å². The fraction of sp³-hybridized carbons (Fsp3) is 0.500. The largest absolute Gasteiger partial charge is 0.476 e. The van der Waals surface area contributed by atoms with Gasteiger partial charge in [-0.05, 0) is 12.8 Å². The summed E-state index contributed by atoms with van der Waals surface area (Å²) in [6.07, 6.45) is 7.73. The molecule has 1 aromatic heterocycles. The Kier molecular flexibility index (Phi) is 2.43. The van der Waals surface area contributed by atoms with Crippen molar-refractivity contribution in [2.45, 2.75) is 31.6 Å². The maximum absolute atomic E-state index is 10.5. The molecular weight excluding hydrogens is 180 g/mol. The fourth-order valence-corrected chi connectivity index (χ4v) is 1.88. The molecule has 0 bridgehead atoms. The molecule has 1 fully saturated rings. The highest BCUT2D eigenvalue weighted by molar-refractivity contribution is 5.84. The Morgan fingerprint density at radius 2 is 2.00 bits per heavy atom. The van der Waals surface area contributed by atoms with Crippen molar-refractivity contribution in [3.8, 4) is 0 Å². The van der Waals surface area contributed by atoms with Crippen LogP contribution in [-0.4, -0.2) is 21.0 Å². The summed E-state index contributed by atoms with van der Waals surface area (Å²) in [7, 11) is 0. The predicted molar refractivity (Wildman–Crippen MR) is 50.2 cm³/mol. The zero-order chi connectivity index (χ0) is 9.97. The van der Waals surface area contributed by atoms with E-state index in [1.807, 2.05) is 0 Å². The summed E-state index contributed by atoms with van der Waals surface area (Å²) < 4.78 is 0. The molecule has 0 atom stereocenters. The molecule has 2 rings (SSSR count). The van der Waals surface area contributed by atoms with Crippen LogP contribution in [0.25, 0.3) is 0 Å². The summed E-state index contributed by atoms with van der Waals surface area (Å²) >= 11 is 0. The molecular formula is C10H12N2O2. The molecule has 0 aliphatic heterocycles. The van der Waals surface area contributed by atoms with Crippen molar-refractivity contribution in [1.29, 1.82) is 0 Å². The Morgan fingerprint density at radius 1 is 1.29 bits per heavy atom. The van der Waals surface area contributed by atoms with Gasteiger partial charge in [-0.1, -0.05) is 12.8 Å². The second kappa shape index (κ2) is 3.74. The monoisotopic (exact) mass is 192 g/mol. The average Bonchev–Trinajstić information content (AvgIpc) is 2.71. The molecule has 4 heteroatoms. The molecule has 0 aromatic carbocycles. The summed E-state index contributed by atoms with van der Waals surface area (Å²) in [5.74, 6) is -0.527. The lowest BCUT2D eigenvalue weighted by atomic mass is 10.1. The van der Waals surface area contributed by atoms with Gasteiger partial charge in [0.1, 0.15) is 0 Å². The Morgan fingerprint density at radius 3 is 2.50 bits per heavy atom.